The number of nitrogens with zero attached hydrogens (tertiary/aromatic N) is 6. The van der Waals surface area contributed by atoms with Crippen molar-refractivity contribution in [3.8, 4) is 10.7 Å². The second-order valence-corrected chi connectivity index (χ2v) is 7.67. The number of thiazole rings is 1. The first-order valence-electron chi connectivity index (χ1n) is 9.15. The van der Waals surface area contributed by atoms with Gasteiger partial charge in [-0.3, -0.25) is 5.10 Å². The van der Waals surface area contributed by atoms with Gasteiger partial charge in [-0.15, -0.1) is 0 Å². The van der Waals surface area contributed by atoms with Gasteiger partial charge in [0.15, 0.2) is 10.6 Å². The van der Waals surface area contributed by atoms with Crippen molar-refractivity contribution >= 4 is 33.5 Å². The molecule has 2 aliphatic rings. The van der Waals surface area contributed by atoms with E-state index in [0.29, 0.717) is 26.4 Å². The molecule has 2 fully saturated rings. The van der Waals surface area contributed by atoms with E-state index < -0.39 is 0 Å². The average Bonchev–Trinajstić information content (AvgIpc) is 3.38. The van der Waals surface area contributed by atoms with E-state index in [0.717, 1.165) is 52.4 Å². The minimum Gasteiger partial charge on any atom is -0.378 e. The smallest absolute Gasteiger partial charge is 0.228 e. The Morgan fingerprint density at radius 1 is 1.11 bits per heavy atom. The lowest BCUT2D eigenvalue weighted by atomic mass is 10.2. The third-order valence-electron chi connectivity index (χ3n) is 4.88. The minimum absolute atomic E-state index is 0.241. The quantitative estimate of drug-likeness (QED) is 0.724. The largest absolute Gasteiger partial charge is 0.378 e. The van der Waals surface area contributed by atoms with Crippen LogP contribution in [0.25, 0.3) is 21.0 Å². The number of hydrogen-bond donors (Lipinski definition) is 1. The first-order chi connectivity index (χ1) is 13.3. The van der Waals surface area contributed by atoms with Crippen LogP contribution in [0.1, 0.15) is 6.92 Å². The molecule has 142 valence electrons. The van der Waals surface area contributed by atoms with Crippen LogP contribution in [0.5, 0.6) is 0 Å². The molecule has 0 aromatic carbocycles. The van der Waals surface area contributed by atoms with Crippen LogP contribution in [0.3, 0.4) is 0 Å². The van der Waals surface area contributed by atoms with E-state index in [9.17, 15) is 0 Å². The molecule has 0 bridgehead atoms. The van der Waals surface area contributed by atoms with E-state index >= 15 is 0 Å². The van der Waals surface area contributed by atoms with Gasteiger partial charge in [0.1, 0.15) is 16.2 Å². The highest BCUT2D eigenvalue weighted by atomic mass is 32.1. The summed E-state index contributed by atoms with van der Waals surface area (Å²) in [5.41, 5.74) is 1.66. The van der Waals surface area contributed by atoms with Gasteiger partial charge in [0, 0.05) is 25.8 Å². The summed E-state index contributed by atoms with van der Waals surface area (Å²) in [6.07, 6.45) is 1.80. The van der Waals surface area contributed by atoms with Crippen molar-refractivity contribution in [2.75, 3.05) is 55.9 Å². The number of morpholine rings is 2. The van der Waals surface area contributed by atoms with E-state index in [2.05, 4.69) is 26.9 Å². The summed E-state index contributed by atoms with van der Waals surface area (Å²) in [4.78, 5) is 20.0. The molecule has 1 N–H and O–H groups in total. The van der Waals surface area contributed by atoms with Gasteiger partial charge >= 0.3 is 0 Å². The molecule has 9 nitrogen and oxygen atoms in total. The van der Waals surface area contributed by atoms with Gasteiger partial charge in [-0.2, -0.15) is 15.1 Å². The Kier molecular flexibility index (Phi) is 4.38. The number of aromatic nitrogens is 5. The zero-order valence-electron chi connectivity index (χ0n) is 15.1. The number of anilines is 2. The number of fused-ring (bicyclic) bond motifs is 1. The van der Waals surface area contributed by atoms with E-state index in [-0.39, 0.29) is 6.04 Å². The lowest BCUT2D eigenvalue weighted by molar-refractivity contribution is 0.0986. The summed E-state index contributed by atoms with van der Waals surface area (Å²) in [5.74, 6) is 1.63. The van der Waals surface area contributed by atoms with Crippen molar-refractivity contribution in [3.63, 3.8) is 0 Å². The summed E-state index contributed by atoms with van der Waals surface area (Å²) >= 11 is 1.55. The SMILES string of the molecule is CC1COCCN1c1nc(N2CCOCC2)nc2sc(-c3cc[nH]n3)nc12. The predicted molar refractivity (Wildman–Crippen MR) is 103 cm³/mol. The molecule has 5 rings (SSSR count). The van der Waals surface area contributed by atoms with E-state index in [1.54, 1.807) is 17.5 Å². The summed E-state index contributed by atoms with van der Waals surface area (Å²) < 4.78 is 11.1. The summed E-state index contributed by atoms with van der Waals surface area (Å²) in [5, 5.41) is 7.97. The normalized spacial score (nSPS) is 21.1. The fourth-order valence-electron chi connectivity index (χ4n) is 3.43. The molecule has 27 heavy (non-hydrogen) atoms. The zero-order valence-corrected chi connectivity index (χ0v) is 15.9. The highest BCUT2D eigenvalue weighted by molar-refractivity contribution is 7.21. The van der Waals surface area contributed by atoms with Crippen molar-refractivity contribution in [1.29, 1.82) is 0 Å². The lowest BCUT2D eigenvalue weighted by Crippen LogP contribution is -2.44. The molecule has 10 heteroatoms. The van der Waals surface area contributed by atoms with Crippen molar-refractivity contribution < 1.29 is 9.47 Å². The highest BCUT2D eigenvalue weighted by Crippen LogP contribution is 2.35. The second kappa shape index (κ2) is 7.02. The molecular weight excluding hydrogens is 366 g/mol. The molecule has 3 aromatic heterocycles. The Hall–Kier alpha value is -2.30. The highest BCUT2D eigenvalue weighted by Gasteiger charge is 2.27. The lowest BCUT2D eigenvalue weighted by Gasteiger charge is -2.35. The van der Waals surface area contributed by atoms with Gasteiger partial charge in [0.25, 0.3) is 0 Å². The van der Waals surface area contributed by atoms with Crippen molar-refractivity contribution in [1.82, 2.24) is 25.1 Å². The van der Waals surface area contributed by atoms with Crippen LogP contribution in [0.15, 0.2) is 12.3 Å². The average molecular weight is 387 g/mol. The van der Waals surface area contributed by atoms with Crippen LogP contribution in [0.2, 0.25) is 0 Å². The van der Waals surface area contributed by atoms with Crippen molar-refractivity contribution in [2.24, 2.45) is 0 Å². The molecule has 0 spiro atoms. The molecule has 0 saturated carbocycles. The predicted octanol–water partition coefficient (Wildman–Crippen LogP) is 1.54. The number of hydrogen-bond acceptors (Lipinski definition) is 9. The molecule has 0 radical (unpaired) electrons. The molecule has 0 aliphatic carbocycles. The van der Waals surface area contributed by atoms with Gasteiger partial charge in [0.05, 0.1) is 32.5 Å². The zero-order chi connectivity index (χ0) is 18.2. The maximum absolute atomic E-state index is 5.61. The van der Waals surface area contributed by atoms with Crippen LogP contribution in [-0.4, -0.2) is 77.3 Å². The number of aromatic amines is 1. The first kappa shape index (κ1) is 16.8. The van der Waals surface area contributed by atoms with Gasteiger partial charge in [-0.05, 0) is 13.0 Å². The summed E-state index contributed by atoms with van der Waals surface area (Å²) in [6.45, 7) is 7.34. The fourth-order valence-corrected chi connectivity index (χ4v) is 4.33. The number of ether oxygens (including phenoxy) is 2. The molecule has 5 heterocycles. The summed E-state index contributed by atoms with van der Waals surface area (Å²) in [7, 11) is 0. The number of H-pyrrole nitrogens is 1. The maximum atomic E-state index is 5.61. The second-order valence-electron chi connectivity index (χ2n) is 6.70. The van der Waals surface area contributed by atoms with Gasteiger partial charge in [0.2, 0.25) is 5.95 Å². The number of rotatable bonds is 3. The Morgan fingerprint density at radius 2 is 1.96 bits per heavy atom. The maximum Gasteiger partial charge on any atom is 0.228 e. The van der Waals surface area contributed by atoms with Gasteiger partial charge in [-0.25, -0.2) is 4.98 Å². The topological polar surface area (TPSA) is 92.3 Å². The third kappa shape index (κ3) is 3.13. The van der Waals surface area contributed by atoms with E-state index in [1.807, 2.05) is 6.07 Å². The van der Waals surface area contributed by atoms with Crippen LogP contribution in [0.4, 0.5) is 11.8 Å². The molecule has 1 unspecified atom stereocenters. The van der Waals surface area contributed by atoms with E-state index in [1.165, 1.54) is 0 Å². The molecule has 0 amide bonds. The molecule has 2 aliphatic heterocycles. The molecule has 3 aromatic rings. The van der Waals surface area contributed by atoms with Gasteiger partial charge in [-0.1, -0.05) is 11.3 Å². The summed E-state index contributed by atoms with van der Waals surface area (Å²) in [6, 6.07) is 2.16. The first-order valence-corrected chi connectivity index (χ1v) is 9.97. The number of nitrogens with one attached hydrogen (secondary N) is 1. The van der Waals surface area contributed by atoms with Crippen LogP contribution in [-0.2, 0) is 9.47 Å². The Labute approximate surface area is 160 Å². The third-order valence-corrected chi connectivity index (χ3v) is 5.85. The molecule has 1 atom stereocenters. The molecular formula is C17H21N7O2S. The van der Waals surface area contributed by atoms with Crippen LogP contribution >= 0.6 is 11.3 Å². The Bertz CT molecular complexity index is 923. The molecule has 2 saturated heterocycles. The standard InChI is InChI=1S/C17H21N7O2S/c1-11-10-26-9-6-24(11)14-13-16(27-15(19-13)12-2-3-18-22-12)21-17(20-14)23-4-7-25-8-5-23/h2-3,11H,4-10H2,1H3,(H,18,22). The fraction of sp³-hybridized carbons (Fsp3) is 0.529. The van der Waals surface area contributed by atoms with Crippen LogP contribution in [0, 0.1) is 0 Å². The minimum atomic E-state index is 0.241. The van der Waals surface area contributed by atoms with Crippen molar-refractivity contribution in [2.45, 2.75) is 13.0 Å². The monoisotopic (exact) mass is 387 g/mol. The van der Waals surface area contributed by atoms with Crippen LogP contribution < -0.4 is 9.80 Å². The van der Waals surface area contributed by atoms with Gasteiger partial charge < -0.3 is 19.3 Å². The Morgan fingerprint density at radius 3 is 2.74 bits per heavy atom. The van der Waals surface area contributed by atoms with Crippen molar-refractivity contribution in [3.05, 3.63) is 12.3 Å². The van der Waals surface area contributed by atoms with E-state index in [4.69, 9.17) is 24.4 Å². The Balaban J connectivity index is 1.64.